The number of nitrogens with zero attached hydrogens (tertiary/aromatic N) is 2. The highest BCUT2D eigenvalue weighted by molar-refractivity contribution is 5.85. The van der Waals surface area contributed by atoms with Crippen LogP contribution in [0.1, 0.15) is 24.4 Å². The normalized spacial score (nSPS) is 14.5. The zero-order chi connectivity index (χ0) is 7.68. The Labute approximate surface area is 90.7 Å². The molecule has 0 aliphatic heterocycles. The van der Waals surface area contributed by atoms with Crippen LogP contribution in [-0.4, -0.2) is 16.8 Å². The first kappa shape index (κ1) is 12.8. The minimum absolute atomic E-state index is 0. The zero-order valence-corrected chi connectivity index (χ0v) is 9.20. The van der Waals surface area contributed by atoms with E-state index in [4.69, 9.17) is 0 Å². The van der Waals surface area contributed by atoms with Crippen molar-refractivity contribution in [2.75, 3.05) is 7.05 Å². The Kier molecular flexibility index (Phi) is 5.37. The Morgan fingerprint density at radius 2 is 2.23 bits per heavy atom. The molecule has 1 fully saturated rings. The quantitative estimate of drug-likeness (QED) is 0.848. The average Bonchev–Trinajstić information content (AvgIpc) is 2.75. The van der Waals surface area contributed by atoms with Crippen molar-refractivity contribution in [1.82, 2.24) is 15.1 Å². The van der Waals surface area contributed by atoms with E-state index in [1.54, 1.807) is 0 Å². The molecule has 13 heavy (non-hydrogen) atoms. The zero-order valence-electron chi connectivity index (χ0n) is 7.56. The fourth-order valence-corrected chi connectivity index (χ4v) is 1.21. The number of hydrogen-bond donors (Lipinski definition) is 1. The van der Waals surface area contributed by atoms with E-state index in [9.17, 15) is 0 Å². The van der Waals surface area contributed by atoms with Gasteiger partial charge in [-0.15, -0.1) is 24.8 Å². The molecule has 76 valence electrons. The lowest BCUT2D eigenvalue weighted by atomic mass is 10.4. The van der Waals surface area contributed by atoms with Gasteiger partial charge in [0.1, 0.15) is 0 Å². The molecule has 1 aromatic rings. The van der Waals surface area contributed by atoms with Crippen molar-refractivity contribution in [2.24, 2.45) is 0 Å². The van der Waals surface area contributed by atoms with Crippen LogP contribution >= 0.6 is 24.8 Å². The van der Waals surface area contributed by atoms with Crippen LogP contribution in [0.5, 0.6) is 0 Å². The third-order valence-electron chi connectivity index (χ3n) is 1.96. The Balaban J connectivity index is 0.000000720. The second-order valence-electron chi connectivity index (χ2n) is 3.09. The highest BCUT2D eigenvalue weighted by Gasteiger charge is 2.23. The molecule has 0 unspecified atom stereocenters. The molecule has 2 rings (SSSR count). The second kappa shape index (κ2) is 5.47. The van der Waals surface area contributed by atoms with Crippen molar-refractivity contribution >= 4 is 24.8 Å². The lowest BCUT2D eigenvalue weighted by molar-refractivity contribution is 0.640. The van der Waals surface area contributed by atoms with Gasteiger partial charge in [-0.2, -0.15) is 5.10 Å². The molecule has 0 saturated heterocycles. The molecule has 1 aliphatic carbocycles. The lowest BCUT2D eigenvalue weighted by Crippen LogP contribution is -2.03. The highest BCUT2D eigenvalue weighted by atomic mass is 35.5. The van der Waals surface area contributed by atoms with E-state index in [0.717, 1.165) is 6.54 Å². The molecule has 0 radical (unpaired) electrons. The van der Waals surface area contributed by atoms with Crippen molar-refractivity contribution < 1.29 is 0 Å². The summed E-state index contributed by atoms with van der Waals surface area (Å²) in [6.07, 6.45) is 6.68. The van der Waals surface area contributed by atoms with Crippen LogP contribution in [0.2, 0.25) is 0 Å². The standard InChI is InChI=1S/C8H13N3.2ClH/c1-9-4-7-5-10-11(6-7)8-2-3-8;;/h5-6,8-9H,2-4H2,1H3;2*1H. The number of rotatable bonds is 3. The highest BCUT2D eigenvalue weighted by Crippen LogP contribution is 2.33. The van der Waals surface area contributed by atoms with E-state index >= 15 is 0 Å². The Hall–Kier alpha value is -0.250. The molecule has 1 saturated carbocycles. The number of nitrogens with one attached hydrogen (secondary N) is 1. The number of aromatic nitrogens is 2. The van der Waals surface area contributed by atoms with Gasteiger partial charge in [0, 0.05) is 18.3 Å². The SMILES string of the molecule is CNCc1cnn(C2CC2)c1.Cl.Cl. The maximum atomic E-state index is 4.27. The molecule has 0 aromatic carbocycles. The van der Waals surface area contributed by atoms with E-state index in [-0.39, 0.29) is 24.8 Å². The minimum atomic E-state index is 0. The van der Waals surface area contributed by atoms with Gasteiger partial charge in [0.15, 0.2) is 0 Å². The van der Waals surface area contributed by atoms with Crippen molar-refractivity contribution in [3.63, 3.8) is 0 Å². The van der Waals surface area contributed by atoms with Crippen molar-refractivity contribution in [1.29, 1.82) is 0 Å². The first-order valence-electron chi connectivity index (χ1n) is 4.08. The molecule has 0 atom stereocenters. The van der Waals surface area contributed by atoms with Gasteiger partial charge in [-0.25, -0.2) is 0 Å². The molecule has 1 aromatic heterocycles. The predicted octanol–water partition coefficient (Wildman–Crippen LogP) is 1.78. The molecular weight excluding hydrogens is 209 g/mol. The van der Waals surface area contributed by atoms with Crippen LogP contribution in [0.4, 0.5) is 0 Å². The van der Waals surface area contributed by atoms with Crippen molar-refractivity contribution in [2.45, 2.75) is 25.4 Å². The summed E-state index contributed by atoms with van der Waals surface area (Å²) in [4.78, 5) is 0. The van der Waals surface area contributed by atoms with Gasteiger partial charge in [-0.3, -0.25) is 4.68 Å². The summed E-state index contributed by atoms with van der Waals surface area (Å²) < 4.78 is 2.08. The molecule has 1 heterocycles. The van der Waals surface area contributed by atoms with Gasteiger partial charge >= 0.3 is 0 Å². The van der Waals surface area contributed by atoms with Crippen LogP contribution < -0.4 is 5.32 Å². The summed E-state index contributed by atoms with van der Waals surface area (Å²) >= 11 is 0. The van der Waals surface area contributed by atoms with E-state index < -0.39 is 0 Å². The van der Waals surface area contributed by atoms with E-state index in [1.165, 1.54) is 18.4 Å². The lowest BCUT2D eigenvalue weighted by Gasteiger charge is -1.94. The predicted molar refractivity (Wildman–Crippen MR) is 57.8 cm³/mol. The Morgan fingerprint density at radius 3 is 2.77 bits per heavy atom. The maximum Gasteiger partial charge on any atom is 0.0534 e. The molecule has 5 heteroatoms. The first-order chi connectivity index (χ1) is 5.40. The topological polar surface area (TPSA) is 29.9 Å². The summed E-state index contributed by atoms with van der Waals surface area (Å²) in [6.45, 7) is 0.923. The monoisotopic (exact) mass is 223 g/mol. The molecule has 1 N–H and O–H groups in total. The van der Waals surface area contributed by atoms with Crippen LogP contribution in [0, 0.1) is 0 Å². The summed E-state index contributed by atoms with van der Waals surface area (Å²) in [6, 6.07) is 0.709. The average molecular weight is 224 g/mol. The Bertz CT molecular complexity index is 245. The van der Waals surface area contributed by atoms with Gasteiger partial charge < -0.3 is 5.32 Å². The summed E-state index contributed by atoms with van der Waals surface area (Å²) in [5.74, 6) is 0. The minimum Gasteiger partial charge on any atom is -0.316 e. The van der Waals surface area contributed by atoms with Crippen molar-refractivity contribution in [3.05, 3.63) is 18.0 Å². The van der Waals surface area contributed by atoms with Gasteiger partial charge in [-0.05, 0) is 19.9 Å². The largest absolute Gasteiger partial charge is 0.316 e. The second-order valence-corrected chi connectivity index (χ2v) is 3.09. The van der Waals surface area contributed by atoms with E-state index in [1.807, 2.05) is 13.2 Å². The van der Waals surface area contributed by atoms with Crippen LogP contribution in [0.25, 0.3) is 0 Å². The van der Waals surface area contributed by atoms with Gasteiger partial charge in [0.25, 0.3) is 0 Å². The first-order valence-corrected chi connectivity index (χ1v) is 4.08. The van der Waals surface area contributed by atoms with Gasteiger partial charge in [-0.1, -0.05) is 0 Å². The summed E-state index contributed by atoms with van der Waals surface area (Å²) in [7, 11) is 1.95. The van der Waals surface area contributed by atoms with Gasteiger partial charge in [0.2, 0.25) is 0 Å². The smallest absolute Gasteiger partial charge is 0.0534 e. The molecule has 0 bridgehead atoms. The van der Waals surface area contributed by atoms with Gasteiger partial charge in [0.05, 0.1) is 12.2 Å². The van der Waals surface area contributed by atoms with Crippen LogP contribution in [-0.2, 0) is 6.54 Å². The third-order valence-corrected chi connectivity index (χ3v) is 1.96. The molecule has 0 amide bonds. The number of halogens is 2. The molecule has 3 nitrogen and oxygen atoms in total. The third kappa shape index (κ3) is 3.18. The summed E-state index contributed by atoms with van der Waals surface area (Å²) in [5.41, 5.74) is 1.28. The van der Waals surface area contributed by atoms with Crippen LogP contribution in [0.15, 0.2) is 12.4 Å². The molecule has 1 aliphatic rings. The van der Waals surface area contributed by atoms with Crippen LogP contribution in [0.3, 0.4) is 0 Å². The summed E-state index contributed by atoms with van der Waals surface area (Å²) in [5, 5.41) is 7.38. The maximum absolute atomic E-state index is 4.27. The number of hydrogen-bond acceptors (Lipinski definition) is 2. The fraction of sp³-hybridized carbons (Fsp3) is 0.625. The fourth-order valence-electron chi connectivity index (χ4n) is 1.21. The molecular formula is C8H15Cl2N3. The Morgan fingerprint density at radius 1 is 1.54 bits per heavy atom. The molecule has 0 spiro atoms. The van der Waals surface area contributed by atoms with Crippen molar-refractivity contribution in [3.8, 4) is 0 Å². The van der Waals surface area contributed by atoms with E-state index in [2.05, 4.69) is 21.3 Å². The van der Waals surface area contributed by atoms with E-state index in [0.29, 0.717) is 6.04 Å².